The van der Waals surface area contributed by atoms with E-state index in [0.29, 0.717) is 5.92 Å². The lowest BCUT2D eigenvalue weighted by Crippen LogP contribution is -2.36. The Bertz CT molecular complexity index is 597. The van der Waals surface area contributed by atoms with E-state index >= 15 is 0 Å². The number of anilines is 2. The summed E-state index contributed by atoms with van der Waals surface area (Å²) in [5.41, 5.74) is 9.40. The number of nitrogen functional groups attached to an aromatic ring is 1. The van der Waals surface area contributed by atoms with Gasteiger partial charge in [-0.1, -0.05) is 32.0 Å². The number of rotatable bonds is 3. The van der Waals surface area contributed by atoms with Crippen molar-refractivity contribution in [1.82, 2.24) is 0 Å². The second-order valence-electron chi connectivity index (χ2n) is 6.20. The Hall–Kier alpha value is -1.70. The summed E-state index contributed by atoms with van der Waals surface area (Å²) in [4.78, 5) is 0. The molecule has 0 radical (unpaired) electrons. The van der Waals surface area contributed by atoms with E-state index in [1.807, 2.05) is 6.07 Å². The van der Waals surface area contributed by atoms with Crippen LogP contribution in [-0.4, -0.2) is 5.54 Å². The lowest BCUT2D eigenvalue weighted by atomic mass is 9.89. The summed E-state index contributed by atoms with van der Waals surface area (Å²) in [6.45, 7) is 11.1. The van der Waals surface area contributed by atoms with Gasteiger partial charge in [-0.15, -0.1) is 0 Å². The molecule has 2 aromatic rings. The predicted octanol–water partition coefficient (Wildman–Crippen LogP) is 4.58. The van der Waals surface area contributed by atoms with Crippen molar-refractivity contribution in [2.75, 3.05) is 11.1 Å². The highest BCUT2D eigenvalue weighted by molar-refractivity contribution is 6.02. The van der Waals surface area contributed by atoms with Gasteiger partial charge in [-0.2, -0.15) is 0 Å². The number of benzene rings is 2. The van der Waals surface area contributed by atoms with E-state index < -0.39 is 0 Å². The van der Waals surface area contributed by atoms with Gasteiger partial charge in [-0.25, -0.2) is 0 Å². The molecule has 0 saturated carbocycles. The Morgan fingerprint density at radius 1 is 1.11 bits per heavy atom. The van der Waals surface area contributed by atoms with Crippen LogP contribution >= 0.6 is 0 Å². The van der Waals surface area contributed by atoms with Crippen LogP contribution in [0.3, 0.4) is 0 Å². The molecule has 0 atom stereocenters. The van der Waals surface area contributed by atoms with Crippen LogP contribution in [0, 0.1) is 12.8 Å². The predicted molar refractivity (Wildman–Crippen MR) is 85.6 cm³/mol. The Balaban J connectivity index is 2.59. The topological polar surface area (TPSA) is 38.0 Å². The molecule has 0 amide bonds. The average molecular weight is 256 g/mol. The van der Waals surface area contributed by atoms with Crippen molar-refractivity contribution in [2.24, 2.45) is 5.92 Å². The zero-order valence-electron chi connectivity index (χ0n) is 12.5. The van der Waals surface area contributed by atoms with Crippen molar-refractivity contribution in [1.29, 1.82) is 0 Å². The Labute approximate surface area is 116 Å². The maximum Gasteiger partial charge on any atom is 0.0427 e. The first-order valence-corrected chi connectivity index (χ1v) is 6.89. The third-order valence-corrected chi connectivity index (χ3v) is 4.18. The molecule has 0 aliphatic heterocycles. The lowest BCUT2D eigenvalue weighted by molar-refractivity contribution is 0.408. The van der Waals surface area contributed by atoms with Crippen LogP contribution in [0.4, 0.5) is 11.4 Å². The van der Waals surface area contributed by atoms with E-state index in [9.17, 15) is 0 Å². The molecule has 0 fully saturated rings. The van der Waals surface area contributed by atoms with Crippen LogP contribution in [0.5, 0.6) is 0 Å². The number of nitrogens with one attached hydrogen (secondary N) is 1. The Morgan fingerprint density at radius 3 is 2.42 bits per heavy atom. The maximum absolute atomic E-state index is 6.09. The van der Waals surface area contributed by atoms with Crippen molar-refractivity contribution in [3.05, 3.63) is 35.9 Å². The van der Waals surface area contributed by atoms with Gasteiger partial charge in [0, 0.05) is 27.7 Å². The molecule has 0 aliphatic rings. The van der Waals surface area contributed by atoms with Crippen molar-refractivity contribution in [3.63, 3.8) is 0 Å². The summed E-state index contributed by atoms with van der Waals surface area (Å²) >= 11 is 0. The van der Waals surface area contributed by atoms with Crippen molar-refractivity contribution < 1.29 is 0 Å². The van der Waals surface area contributed by atoms with Crippen molar-refractivity contribution in [3.8, 4) is 0 Å². The van der Waals surface area contributed by atoms with Crippen LogP contribution in [0.25, 0.3) is 10.8 Å². The number of hydrogen-bond donors (Lipinski definition) is 2. The van der Waals surface area contributed by atoms with E-state index in [0.717, 1.165) is 11.1 Å². The third kappa shape index (κ3) is 2.53. The smallest absolute Gasteiger partial charge is 0.0427 e. The molecule has 102 valence electrons. The van der Waals surface area contributed by atoms with Gasteiger partial charge in [0.15, 0.2) is 0 Å². The second-order valence-corrected chi connectivity index (χ2v) is 6.20. The van der Waals surface area contributed by atoms with Crippen LogP contribution in [-0.2, 0) is 0 Å². The van der Waals surface area contributed by atoms with E-state index in [1.54, 1.807) is 0 Å². The summed E-state index contributed by atoms with van der Waals surface area (Å²) in [5.74, 6) is 0.545. The van der Waals surface area contributed by atoms with Gasteiger partial charge in [0.2, 0.25) is 0 Å². The van der Waals surface area contributed by atoms with Gasteiger partial charge in [0.05, 0.1) is 0 Å². The van der Waals surface area contributed by atoms with Gasteiger partial charge in [0.1, 0.15) is 0 Å². The van der Waals surface area contributed by atoms with E-state index in [4.69, 9.17) is 5.73 Å². The largest absolute Gasteiger partial charge is 0.398 e. The molecular weight excluding hydrogens is 232 g/mol. The fourth-order valence-electron chi connectivity index (χ4n) is 2.20. The molecule has 0 unspecified atom stereocenters. The van der Waals surface area contributed by atoms with Gasteiger partial charge >= 0.3 is 0 Å². The Morgan fingerprint density at radius 2 is 1.79 bits per heavy atom. The number of nitrogens with two attached hydrogens (primary N) is 1. The first kappa shape index (κ1) is 13.7. The molecule has 19 heavy (non-hydrogen) atoms. The molecule has 0 saturated heterocycles. The number of fused-ring (bicyclic) bond motifs is 1. The summed E-state index contributed by atoms with van der Waals surface area (Å²) in [6, 6.07) is 10.4. The van der Waals surface area contributed by atoms with Gasteiger partial charge in [-0.05, 0) is 44.4 Å². The van der Waals surface area contributed by atoms with Crippen molar-refractivity contribution in [2.45, 2.75) is 40.2 Å². The number of aryl methyl sites for hydroxylation is 1. The van der Waals surface area contributed by atoms with Crippen LogP contribution in [0.15, 0.2) is 30.3 Å². The molecule has 0 bridgehead atoms. The first-order chi connectivity index (χ1) is 8.83. The van der Waals surface area contributed by atoms with Gasteiger partial charge < -0.3 is 11.1 Å². The fraction of sp³-hybridized carbons (Fsp3) is 0.412. The van der Waals surface area contributed by atoms with Crippen LogP contribution in [0.2, 0.25) is 0 Å². The fourth-order valence-corrected chi connectivity index (χ4v) is 2.20. The zero-order chi connectivity index (χ0) is 14.2. The molecule has 0 aromatic heterocycles. The highest BCUT2D eigenvalue weighted by Crippen LogP contribution is 2.33. The molecule has 0 heterocycles. The monoisotopic (exact) mass is 256 g/mol. The summed E-state index contributed by atoms with van der Waals surface area (Å²) < 4.78 is 0. The Kier molecular flexibility index (Phi) is 3.44. The minimum Gasteiger partial charge on any atom is -0.398 e. The first-order valence-electron chi connectivity index (χ1n) is 6.89. The molecule has 0 spiro atoms. The molecule has 2 heteroatoms. The second kappa shape index (κ2) is 4.76. The lowest BCUT2D eigenvalue weighted by Gasteiger charge is -2.32. The summed E-state index contributed by atoms with van der Waals surface area (Å²) in [6.07, 6.45) is 0. The molecule has 3 N–H and O–H groups in total. The van der Waals surface area contributed by atoms with E-state index in [2.05, 4.69) is 64.2 Å². The molecule has 2 aromatic carbocycles. The highest BCUT2D eigenvalue weighted by atomic mass is 15.0. The van der Waals surface area contributed by atoms with Crippen molar-refractivity contribution >= 4 is 22.1 Å². The quantitative estimate of drug-likeness (QED) is 0.789. The minimum atomic E-state index is 0.0470. The maximum atomic E-state index is 6.09. The SMILES string of the molecule is Cc1ccc(N)c2cccc(NC(C)(C)C(C)C)c12. The standard InChI is InChI=1S/C17H24N2/c1-11(2)17(4,5)19-15-8-6-7-13-14(18)10-9-12(3)16(13)15/h6-11,19H,18H2,1-5H3. The van der Waals surface area contributed by atoms with Crippen LogP contribution in [0.1, 0.15) is 33.3 Å². The average Bonchev–Trinajstić information content (AvgIpc) is 2.33. The van der Waals surface area contributed by atoms with Crippen LogP contribution < -0.4 is 11.1 Å². The molecule has 0 aliphatic carbocycles. The molecule has 2 rings (SSSR count). The third-order valence-electron chi connectivity index (χ3n) is 4.18. The summed E-state index contributed by atoms with van der Waals surface area (Å²) in [7, 11) is 0. The molecular formula is C17H24N2. The normalized spacial score (nSPS) is 12.1. The van der Waals surface area contributed by atoms with E-state index in [-0.39, 0.29) is 5.54 Å². The summed E-state index contributed by atoms with van der Waals surface area (Å²) in [5, 5.41) is 6.04. The highest BCUT2D eigenvalue weighted by Gasteiger charge is 2.22. The minimum absolute atomic E-state index is 0.0470. The zero-order valence-corrected chi connectivity index (χ0v) is 12.5. The number of hydrogen-bond acceptors (Lipinski definition) is 2. The van der Waals surface area contributed by atoms with Gasteiger partial charge in [-0.3, -0.25) is 0 Å². The molecule has 2 nitrogen and oxygen atoms in total. The van der Waals surface area contributed by atoms with Gasteiger partial charge in [0.25, 0.3) is 0 Å². The van der Waals surface area contributed by atoms with E-state index in [1.165, 1.54) is 16.6 Å².